The number of carbonyl (C=O) groups excluding carboxylic acids is 1. The van der Waals surface area contributed by atoms with Gasteiger partial charge in [0, 0.05) is 37.5 Å². The molecule has 4 heterocycles. The molecule has 8 heteroatoms. The molecule has 7 nitrogen and oxygen atoms in total. The van der Waals surface area contributed by atoms with Gasteiger partial charge in [0.15, 0.2) is 0 Å². The molecule has 0 N–H and O–H groups in total. The summed E-state index contributed by atoms with van der Waals surface area (Å²) in [6.07, 6.45) is 5.87. The number of carbonyl (C=O) groups is 1. The lowest BCUT2D eigenvalue weighted by Crippen LogP contribution is -2.32. The molecule has 2 aliphatic heterocycles. The SMILES string of the molecule is O=C(c1ccnc(F)c1)N1CCCn2nnc(CN3CCCCC3)c2C1. The van der Waals surface area contributed by atoms with Gasteiger partial charge in [0.05, 0.1) is 12.2 Å². The molecule has 2 aromatic rings. The van der Waals surface area contributed by atoms with Crippen molar-refractivity contribution in [1.82, 2.24) is 29.8 Å². The van der Waals surface area contributed by atoms with E-state index in [4.69, 9.17) is 0 Å². The standard InChI is InChI=1S/C18H23FN6O/c19-17-11-14(5-6-20-17)18(26)24-9-4-10-25-16(13-24)15(21-22-25)12-23-7-2-1-3-8-23/h5-6,11H,1-4,7-10,12-13H2. The van der Waals surface area contributed by atoms with E-state index < -0.39 is 5.95 Å². The maximum absolute atomic E-state index is 13.4. The quantitative estimate of drug-likeness (QED) is 0.784. The maximum atomic E-state index is 13.4. The van der Waals surface area contributed by atoms with Gasteiger partial charge in [0.2, 0.25) is 5.95 Å². The Bertz CT molecular complexity index is 786. The van der Waals surface area contributed by atoms with Gasteiger partial charge in [0.1, 0.15) is 5.69 Å². The fraction of sp³-hybridized carbons (Fsp3) is 0.556. The van der Waals surface area contributed by atoms with E-state index in [2.05, 4.69) is 20.2 Å². The number of fused-ring (bicyclic) bond motifs is 1. The van der Waals surface area contributed by atoms with Crippen molar-refractivity contribution in [2.45, 2.75) is 45.3 Å². The highest BCUT2D eigenvalue weighted by Gasteiger charge is 2.25. The number of nitrogens with zero attached hydrogens (tertiary/aromatic N) is 6. The van der Waals surface area contributed by atoms with E-state index in [1.165, 1.54) is 31.5 Å². The number of likely N-dealkylation sites (tertiary alicyclic amines) is 1. The topological polar surface area (TPSA) is 67.2 Å². The normalized spacial score (nSPS) is 18.4. The van der Waals surface area contributed by atoms with Crippen LogP contribution in [0.15, 0.2) is 18.3 Å². The summed E-state index contributed by atoms with van der Waals surface area (Å²) in [4.78, 5) is 20.5. The molecule has 2 aliphatic rings. The first-order chi connectivity index (χ1) is 12.7. The number of hydrogen-bond acceptors (Lipinski definition) is 5. The highest BCUT2D eigenvalue weighted by molar-refractivity contribution is 5.94. The lowest BCUT2D eigenvalue weighted by Gasteiger charge is -2.26. The Balaban J connectivity index is 1.53. The van der Waals surface area contributed by atoms with Gasteiger partial charge in [-0.2, -0.15) is 4.39 Å². The predicted octanol–water partition coefficient (Wildman–Crippen LogP) is 1.84. The smallest absolute Gasteiger partial charge is 0.254 e. The number of aromatic nitrogens is 4. The van der Waals surface area contributed by atoms with E-state index in [1.807, 2.05) is 4.68 Å². The molecule has 1 saturated heterocycles. The Kier molecular flexibility index (Phi) is 4.92. The number of amides is 1. The molecule has 138 valence electrons. The molecular weight excluding hydrogens is 335 g/mol. The summed E-state index contributed by atoms with van der Waals surface area (Å²) in [5, 5.41) is 8.67. The van der Waals surface area contributed by atoms with Gasteiger partial charge in [0.25, 0.3) is 5.91 Å². The molecule has 0 aromatic carbocycles. The van der Waals surface area contributed by atoms with Crippen molar-refractivity contribution >= 4 is 5.91 Å². The second-order valence-electron chi connectivity index (χ2n) is 6.99. The monoisotopic (exact) mass is 358 g/mol. The van der Waals surface area contributed by atoms with Gasteiger partial charge < -0.3 is 4.90 Å². The van der Waals surface area contributed by atoms with Gasteiger partial charge in [-0.1, -0.05) is 11.6 Å². The zero-order valence-electron chi connectivity index (χ0n) is 14.8. The van der Waals surface area contributed by atoms with E-state index in [9.17, 15) is 9.18 Å². The zero-order chi connectivity index (χ0) is 17.9. The number of piperidine rings is 1. The summed E-state index contributed by atoms with van der Waals surface area (Å²) < 4.78 is 15.3. The molecule has 26 heavy (non-hydrogen) atoms. The van der Waals surface area contributed by atoms with Crippen LogP contribution in [0.2, 0.25) is 0 Å². The van der Waals surface area contributed by atoms with Crippen molar-refractivity contribution in [2.24, 2.45) is 0 Å². The summed E-state index contributed by atoms with van der Waals surface area (Å²) in [7, 11) is 0. The zero-order valence-corrected chi connectivity index (χ0v) is 14.8. The lowest BCUT2D eigenvalue weighted by molar-refractivity contribution is 0.0744. The van der Waals surface area contributed by atoms with E-state index in [0.29, 0.717) is 18.7 Å². The molecule has 1 amide bonds. The molecule has 0 aliphatic carbocycles. The largest absolute Gasteiger partial charge is 0.333 e. The fourth-order valence-electron chi connectivity index (χ4n) is 3.74. The van der Waals surface area contributed by atoms with Crippen LogP contribution in [-0.2, 0) is 19.6 Å². The van der Waals surface area contributed by atoms with Gasteiger partial charge in [-0.15, -0.1) is 5.10 Å². The molecule has 0 bridgehead atoms. The Hall–Kier alpha value is -2.35. The summed E-state index contributed by atoms with van der Waals surface area (Å²) in [6, 6.07) is 2.75. The first kappa shape index (κ1) is 17.1. The number of pyridine rings is 1. The van der Waals surface area contributed by atoms with Gasteiger partial charge in [-0.25, -0.2) is 9.67 Å². The third-order valence-electron chi connectivity index (χ3n) is 5.14. The minimum atomic E-state index is -0.636. The van der Waals surface area contributed by atoms with Crippen molar-refractivity contribution in [3.05, 3.63) is 41.2 Å². The lowest BCUT2D eigenvalue weighted by atomic mass is 10.1. The Morgan fingerprint density at radius 1 is 1.12 bits per heavy atom. The molecule has 0 atom stereocenters. The average Bonchev–Trinajstić information content (AvgIpc) is 2.89. The highest BCUT2D eigenvalue weighted by atomic mass is 19.1. The molecule has 0 radical (unpaired) electrons. The maximum Gasteiger partial charge on any atom is 0.254 e. The van der Waals surface area contributed by atoms with Crippen molar-refractivity contribution in [3.63, 3.8) is 0 Å². The highest BCUT2D eigenvalue weighted by Crippen LogP contribution is 2.20. The predicted molar refractivity (Wildman–Crippen MR) is 92.7 cm³/mol. The molecule has 1 fully saturated rings. The van der Waals surface area contributed by atoms with Crippen molar-refractivity contribution in [1.29, 1.82) is 0 Å². The number of aryl methyl sites for hydroxylation is 1. The van der Waals surface area contributed by atoms with E-state index in [0.717, 1.165) is 44.0 Å². The average molecular weight is 358 g/mol. The molecular formula is C18H23FN6O. The van der Waals surface area contributed by atoms with Crippen LogP contribution in [0.4, 0.5) is 4.39 Å². The first-order valence-corrected chi connectivity index (χ1v) is 9.25. The Morgan fingerprint density at radius 3 is 2.77 bits per heavy atom. The fourth-order valence-corrected chi connectivity index (χ4v) is 3.74. The summed E-state index contributed by atoms with van der Waals surface area (Å²) in [6.45, 7) is 4.78. The second kappa shape index (κ2) is 7.49. The number of rotatable bonds is 3. The summed E-state index contributed by atoms with van der Waals surface area (Å²) in [5.74, 6) is -0.812. The van der Waals surface area contributed by atoms with Crippen molar-refractivity contribution < 1.29 is 9.18 Å². The molecule has 0 unspecified atom stereocenters. The summed E-state index contributed by atoms with van der Waals surface area (Å²) in [5.41, 5.74) is 2.28. The minimum Gasteiger partial charge on any atom is -0.333 e. The minimum absolute atomic E-state index is 0.176. The van der Waals surface area contributed by atoms with Crippen molar-refractivity contribution in [3.8, 4) is 0 Å². The van der Waals surface area contributed by atoms with Gasteiger partial charge >= 0.3 is 0 Å². The van der Waals surface area contributed by atoms with Crippen molar-refractivity contribution in [2.75, 3.05) is 19.6 Å². The number of halogens is 1. The van der Waals surface area contributed by atoms with Crippen LogP contribution in [0.5, 0.6) is 0 Å². The number of hydrogen-bond donors (Lipinski definition) is 0. The summed E-state index contributed by atoms with van der Waals surface area (Å²) >= 11 is 0. The molecule has 0 saturated carbocycles. The van der Waals surface area contributed by atoms with E-state index >= 15 is 0 Å². The first-order valence-electron chi connectivity index (χ1n) is 9.25. The Morgan fingerprint density at radius 2 is 1.96 bits per heavy atom. The molecule has 0 spiro atoms. The second-order valence-corrected chi connectivity index (χ2v) is 6.99. The molecule has 2 aromatic heterocycles. The van der Waals surface area contributed by atoms with Crippen LogP contribution in [0.3, 0.4) is 0 Å². The van der Waals surface area contributed by atoms with E-state index in [-0.39, 0.29) is 5.91 Å². The van der Waals surface area contributed by atoms with Crippen LogP contribution in [0.1, 0.15) is 47.4 Å². The van der Waals surface area contributed by atoms with Gasteiger partial charge in [-0.3, -0.25) is 9.69 Å². The van der Waals surface area contributed by atoms with Crippen LogP contribution in [0, 0.1) is 5.95 Å². The molecule has 4 rings (SSSR count). The van der Waals surface area contributed by atoms with Crippen LogP contribution >= 0.6 is 0 Å². The van der Waals surface area contributed by atoms with Crippen LogP contribution < -0.4 is 0 Å². The Labute approximate surface area is 151 Å². The van der Waals surface area contributed by atoms with Crippen LogP contribution in [-0.4, -0.2) is 55.3 Å². The van der Waals surface area contributed by atoms with Crippen LogP contribution in [0.25, 0.3) is 0 Å². The third kappa shape index (κ3) is 3.60. The van der Waals surface area contributed by atoms with Gasteiger partial charge in [-0.05, 0) is 38.4 Å². The third-order valence-corrected chi connectivity index (χ3v) is 5.14. The van der Waals surface area contributed by atoms with E-state index in [1.54, 1.807) is 11.0 Å².